The molecule has 0 atom stereocenters. The third-order valence-electron chi connectivity index (χ3n) is 2.55. The molecule has 0 radical (unpaired) electrons. The standard InChI is InChI=1S/C13H10BrNO4S/c1-6-4-10(20-11(6)13(18)19)15-12(17)8-5-7(14)2-3-9(8)16/h2-5,16H,1H3,(H,15,17)(H,18,19). The number of phenols is 1. The van der Waals surface area contributed by atoms with Gasteiger partial charge in [-0.05, 0) is 36.8 Å². The van der Waals surface area contributed by atoms with Crippen LogP contribution >= 0.6 is 27.3 Å². The molecule has 1 aromatic heterocycles. The Bertz CT molecular complexity index is 696. The Morgan fingerprint density at radius 2 is 2.00 bits per heavy atom. The van der Waals surface area contributed by atoms with Gasteiger partial charge in [0.25, 0.3) is 5.91 Å². The summed E-state index contributed by atoms with van der Waals surface area (Å²) in [6.07, 6.45) is 0. The molecule has 20 heavy (non-hydrogen) atoms. The summed E-state index contributed by atoms with van der Waals surface area (Å²) >= 11 is 4.19. The van der Waals surface area contributed by atoms with Gasteiger partial charge in [0.2, 0.25) is 0 Å². The lowest BCUT2D eigenvalue weighted by molar-refractivity contribution is 0.0701. The minimum Gasteiger partial charge on any atom is -0.507 e. The zero-order valence-corrected chi connectivity index (χ0v) is 12.7. The van der Waals surface area contributed by atoms with Crippen molar-refractivity contribution in [2.75, 3.05) is 5.32 Å². The van der Waals surface area contributed by atoms with Crippen LogP contribution in [0, 0.1) is 6.92 Å². The van der Waals surface area contributed by atoms with E-state index in [1.807, 2.05) is 0 Å². The summed E-state index contributed by atoms with van der Waals surface area (Å²) in [4.78, 5) is 23.2. The zero-order valence-electron chi connectivity index (χ0n) is 10.3. The van der Waals surface area contributed by atoms with Crippen molar-refractivity contribution in [3.63, 3.8) is 0 Å². The third kappa shape index (κ3) is 3.00. The number of aromatic carboxylic acids is 1. The molecule has 0 aliphatic rings. The van der Waals surface area contributed by atoms with Gasteiger partial charge in [0.15, 0.2) is 0 Å². The summed E-state index contributed by atoms with van der Waals surface area (Å²) in [6.45, 7) is 1.66. The normalized spacial score (nSPS) is 10.3. The van der Waals surface area contributed by atoms with Gasteiger partial charge in [-0.15, -0.1) is 11.3 Å². The van der Waals surface area contributed by atoms with Crippen LogP contribution in [0.3, 0.4) is 0 Å². The molecule has 0 aliphatic carbocycles. The van der Waals surface area contributed by atoms with Crippen LogP contribution in [0.1, 0.15) is 25.6 Å². The Kier molecular flexibility index (Phi) is 4.10. The van der Waals surface area contributed by atoms with E-state index in [4.69, 9.17) is 5.11 Å². The number of benzene rings is 1. The van der Waals surface area contributed by atoms with Crippen molar-refractivity contribution in [2.24, 2.45) is 0 Å². The number of amides is 1. The average molecular weight is 356 g/mol. The fourth-order valence-corrected chi connectivity index (χ4v) is 2.89. The van der Waals surface area contributed by atoms with Gasteiger partial charge in [0, 0.05) is 4.47 Å². The lowest BCUT2D eigenvalue weighted by Crippen LogP contribution is -2.11. The van der Waals surface area contributed by atoms with Gasteiger partial charge >= 0.3 is 5.97 Å². The molecule has 3 N–H and O–H groups in total. The Hall–Kier alpha value is -1.86. The molecular weight excluding hydrogens is 346 g/mol. The number of anilines is 1. The van der Waals surface area contributed by atoms with Crippen LogP contribution in [-0.2, 0) is 0 Å². The van der Waals surface area contributed by atoms with Crippen molar-refractivity contribution in [3.05, 3.63) is 44.7 Å². The van der Waals surface area contributed by atoms with Gasteiger partial charge in [0.1, 0.15) is 10.6 Å². The highest BCUT2D eigenvalue weighted by Crippen LogP contribution is 2.28. The van der Waals surface area contributed by atoms with Gasteiger partial charge in [-0.25, -0.2) is 4.79 Å². The van der Waals surface area contributed by atoms with Gasteiger partial charge in [-0.3, -0.25) is 4.79 Å². The van der Waals surface area contributed by atoms with E-state index in [-0.39, 0.29) is 16.2 Å². The van der Waals surface area contributed by atoms with Crippen molar-refractivity contribution in [3.8, 4) is 5.75 Å². The fourth-order valence-electron chi connectivity index (χ4n) is 1.63. The van der Waals surface area contributed by atoms with Crippen LogP contribution in [0.5, 0.6) is 5.75 Å². The quantitative estimate of drug-likeness (QED) is 0.786. The fraction of sp³-hybridized carbons (Fsp3) is 0.0769. The Morgan fingerprint density at radius 3 is 2.60 bits per heavy atom. The number of hydrogen-bond acceptors (Lipinski definition) is 4. The Labute approximate surface area is 127 Å². The molecule has 1 aromatic carbocycles. The number of nitrogens with one attached hydrogen (secondary N) is 1. The molecule has 0 unspecified atom stereocenters. The first kappa shape index (κ1) is 14.5. The van der Waals surface area contributed by atoms with Gasteiger partial charge in [-0.1, -0.05) is 15.9 Å². The van der Waals surface area contributed by atoms with E-state index in [0.717, 1.165) is 11.3 Å². The summed E-state index contributed by atoms with van der Waals surface area (Å²) < 4.78 is 0.661. The minimum atomic E-state index is -1.03. The number of phenolic OH excluding ortho intramolecular Hbond substituents is 1. The molecule has 1 heterocycles. The molecule has 1 amide bonds. The highest BCUT2D eigenvalue weighted by molar-refractivity contribution is 9.10. The van der Waals surface area contributed by atoms with E-state index in [9.17, 15) is 14.7 Å². The predicted octanol–water partition coefficient (Wildman–Crippen LogP) is 3.48. The Balaban J connectivity index is 2.26. The molecule has 0 spiro atoms. The molecule has 7 heteroatoms. The van der Waals surface area contributed by atoms with E-state index in [1.165, 1.54) is 12.1 Å². The van der Waals surface area contributed by atoms with E-state index < -0.39 is 11.9 Å². The van der Waals surface area contributed by atoms with Crippen LogP contribution in [0.2, 0.25) is 0 Å². The van der Waals surface area contributed by atoms with E-state index in [2.05, 4.69) is 21.2 Å². The maximum absolute atomic E-state index is 12.0. The second-order valence-electron chi connectivity index (χ2n) is 4.04. The number of carbonyl (C=O) groups is 2. The van der Waals surface area contributed by atoms with E-state index >= 15 is 0 Å². The van der Waals surface area contributed by atoms with Crippen LogP contribution in [-0.4, -0.2) is 22.1 Å². The number of halogens is 1. The number of thiophene rings is 1. The van der Waals surface area contributed by atoms with Crippen LogP contribution < -0.4 is 5.32 Å². The summed E-state index contributed by atoms with van der Waals surface area (Å²) in [5.41, 5.74) is 0.693. The smallest absolute Gasteiger partial charge is 0.346 e. The van der Waals surface area contributed by atoms with E-state index in [1.54, 1.807) is 19.1 Å². The number of carboxylic acid groups (broad SMARTS) is 1. The number of hydrogen-bond donors (Lipinski definition) is 3. The third-order valence-corrected chi connectivity index (χ3v) is 4.19. The first-order chi connectivity index (χ1) is 9.38. The first-order valence-corrected chi connectivity index (χ1v) is 7.13. The number of rotatable bonds is 3. The SMILES string of the molecule is Cc1cc(NC(=O)c2cc(Br)ccc2O)sc1C(=O)O. The molecular formula is C13H10BrNO4S. The highest BCUT2D eigenvalue weighted by Gasteiger charge is 2.16. The van der Waals surface area contributed by atoms with Crippen molar-refractivity contribution in [2.45, 2.75) is 6.92 Å². The molecule has 2 aromatic rings. The first-order valence-electron chi connectivity index (χ1n) is 5.52. The van der Waals surface area contributed by atoms with Gasteiger partial charge in [0.05, 0.1) is 10.6 Å². The van der Waals surface area contributed by atoms with Crippen molar-refractivity contribution >= 4 is 44.1 Å². The van der Waals surface area contributed by atoms with Crippen LogP contribution in [0.4, 0.5) is 5.00 Å². The van der Waals surface area contributed by atoms with Crippen LogP contribution in [0.15, 0.2) is 28.7 Å². The minimum absolute atomic E-state index is 0.113. The Morgan fingerprint density at radius 1 is 1.30 bits per heavy atom. The second kappa shape index (κ2) is 5.64. The largest absolute Gasteiger partial charge is 0.507 e. The number of aromatic hydroxyl groups is 1. The van der Waals surface area contributed by atoms with Crippen LogP contribution in [0.25, 0.3) is 0 Å². The number of carbonyl (C=O) groups excluding carboxylic acids is 1. The molecule has 0 saturated carbocycles. The van der Waals surface area contributed by atoms with Gasteiger partial charge in [-0.2, -0.15) is 0 Å². The predicted molar refractivity (Wildman–Crippen MR) is 79.8 cm³/mol. The summed E-state index contributed by atoms with van der Waals surface area (Å²) in [7, 11) is 0. The van der Waals surface area contributed by atoms with Crippen molar-refractivity contribution < 1.29 is 19.8 Å². The molecule has 2 rings (SSSR count). The molecule has 104 valence electrons. The number of aryl methyl sites for hydroxylation is 1. The molecule has 0 aliphatic heterocycles. The number of carboxylic acids is 1. The van der Waals surface area contributed by atoms with Gasteiger partial charge < -0.3 is 15.5 Å². The summed E-state index contributed by atoms with van der Waals surface area (Å²) in [6, 6.07) is 6.09. The maximum atomic E-state index is 12.0. The monoisotopic (exact) mass is 355 g/mol. The topological polar surface area (TPSA) is 86.6 Å². The van der Waals surface area contributed by atoms with Crippen molar-refractivity contribution in [1.82, 2.24) is 0 Å². The van der Waals surface area contributed by atoms with Crippen molar-refractivity contribution in [1.29, 1.82) is 0 Å². The molecule has 0 fully saturated rings. The average Bonchev–Trinajstić information content (AvgIpc) is 2.73. The lowest BCUT2D eigenvalue weighted by Gasteiger charge is -2.05. The molecule has 5 nitrogen and oxygen atoms in total. The highest BCUT2D eigenvalue weighted by atomic mass is 79.9. The summed E-state index contributed by atoms with van der Waals surface area (Å²) in [5.74, 6) is -1.67. The van der Waals surface area contributed by atoms with E-state index in [0.29, 0.717) is 15.0 Å². The maximum Gasteiger partial charge on any atom is 0.346 e. The second-order valence-corrected chi connectivity index (χ2v) is 6.01. The lowest BCUT2D eigenvalue weighted by atomic mass is 10.2. The molecule has 0 bridgehead atoms. The summed E-state index contributed by atoms with van der Waals surface area (Å²) in [5, 5.41) is 21.6. The molecule has 0 saturated heterocycles. The zero-order chi connectivity index (χ0) is 14.9.